The van der Waals surface area contributed by atoms with Crippen LogP contribution in [0.1, 0.15) is 20.8 Å². The number of carbonyl (C=O) groups excluding carboxylic acids is 3. The minimum atomic E-state index is -0.704. The third-order valence-electron chi connectivity index (χ3n) is 3.05. The molecule has 3 amide bonds. The first kappa shape index (κ1) is 19.3. The lowest BCUT2D eigenvalue weighted by molar-refractivity contribution is -0.137. The zero-order valence-electron chi connectivity index (χ0n) is 13.2. The van der Waals surface area contributed by atoms with Gasteiger partial charge in [-0.15, -0.1) is 0 Å². The molecule has 1 aromatic carbocycles. The number of nitrogens with one attached hydrogen (secondary N) is 2. The monoisotopic (exact) mass is 359 g/mol. The molecule has 0 bridgehead atoms. The van der Waals surface area contributed by atoms with Gasteiger partial charge in [-0.1, -0.05) is 29.3 Å². The third kappa shape index (κ3) is 5.73. The fraction of sp³-hybridized carbons (Fsp3) is 0.400. The van der Waals surface area contributed by atoms with E-state index in [2.05, 4.69) is 10.6 Å². The number of carbonyl (C=O) groups is 3. The predicted molar refractivity (Wildman–Crippen MR) is 90.6 cm³/mol. The number of amides is 3. The van der Waals surface area contributed by atoms with Crippen molar-refractivity contribution in [3.05, 3.63) is 28.2 Å². The first-order chi connectivity index (χ1) is 10.8. The maximum Gasteiger partial charge on any atom is 0.245 e. The van der Waals surface area contributed by atoms with E-state index in [0.29, 0.717) is 22.3 Å². The smallest absolute Gasteiger partial charge is 0.245 e. The lowest BCUT2D eigenvalue weighted by atomic mass is 10.2. The topological polar surface area (TPSA) is 78.5 Å². The van der Waals surface area contributed by atoms with Crippen LogP contribution >= 0.6 is 23.2 Å². The molecule has 1 rings (SSSR count). The number of rotatable bonds is 6. The SMILES string of the molecule is CCN(CC(=O)Nc1c(Cl)cccc1Cl)C(=O)C(C)NC(C)=O. The molecule has 0 aromatic heterocycles. The van der Waals surface area contributed by atoms with Crippen molar-refractivity contribution in [1.82, 2.24) is 10.2 Å². The molecule has 1 atom stereocenters. The number of benzene rings is 1. The molecule has 0 radical (unpaired) electrons. The van der Waals surface area contributed by atoms with E-state index < -0.39 is 11.9 Å². The average Bonchev–Trinajstić information content (AvgIpc) is 2.47. The number of likely N-dealkylation sites (N-methyl/N-ethyl adjacent to an activating group) is 1. The molecule has 0 aliphatic rings. The van der Waals surface area contributed by atoms with Gasteiger partial charge in [0.25, 0.3) is 0 Å². The minimum absolute atomic E-state index is 0.166. The van der Waals surface area contributed by atoms with Gasteiger partial charge >= 0.3 is 0 Å². The van der Waals surface area contributed by atoms with Gasteiger partial charge in [0, 0.05) is 13.5 Å². The number of nitrogens with zero attached hydrogens (tertiary/aromatic N) is 1. The van der Waals surface area contributed by atoms with Crippen LogP contribution in [0, 0.1) is 0 Å². The molecular formula is C15H19Cl2N3O3. The molecule has 23 heavy (non-hydrogen) atoms. The highest BCUT2D eigenvalue weighted by Gasteiger charge is 2.22. The molecule has 2 N–H and O–H groups in total. The van der Waals surface area contributed by atoms with Gasteiger partial charge in [0.05, 0.1) is 22.3 Å². The Balaban J connectivity index is 2.73. The van der Waals surface area contributed by atoms with Crippen LogP contribution in [-0.4, -0.2) is 41.8 Å². The van der Waals surface area contributed by atoms with E-state index in [-0.39, 0.29) is 18.4 Å². The Hall–Kier alpha value is -1.79. The molecule has 126 valence electrons. The summed E-state index contributed by atoms with van der Waals surface area (Å²) in [7, 11) is 0. The highest BCUT2D eigenvalue weighted by molar-refractivity contribution is 6.39. The summed E-state index contributed by atoms with van der Waals surface area (Å²) < 4.78 is 0. The molecule has 1 aromatic rings. The van der Waals surface area contributed by atoms with Crippen molar-refractivity contribution >= 4 is 46.6 Å². The number of anilines is 1. The first-order valence-electron chi connectivity index (χ1n) is 7.06. The molecular weight excluding hydrogens is 341 g/mol. The fourth-order valence-electron chi connectivity index (χ4n) is 1.96. The fourth-order valence-corrected chi connectivity index (χ4v) is 2.45. The Morgan fingerprint density at radius 2 is 1.78 bits per heavy atom. The first-order valence-corrected chi connectivity index (χ1v) is 7.81. The van der Waals surface area contributed by atoms with E-state index in [1.165, 1.54) is 11.8 Å². The summed E-state index contributed by atoms with van der Waals surface area (Å²) >= 11 is 12.0. The van der Waals surface area contributed by atoms with Crippen molar-refractivity contribution in [2.24, 2.45) is 0 Å². The Morgan fingerprint density at radius 3 is 2.26 bits per heavy atom. The second-order valence-corrected chi connectivity index (χ2v) is 5.73. The molecule has 0 spiro atoms. The van der Waals surface area contributed by atoms with Crippen LogP contribution in [0.15, 0.2) is 18.2 Å². The summed E-state index contributed by atoms with van der Waals surface area (Å²) in [6, 6.07) is 4.16. The lowest BCUT2D eigenvalue weighted by Crippen LogP contribution is -2.48. The minimum Gasteiger partial charge on any atom is -0.345 e. The molecule has 0 aliphatic carbocycles. The van der Waals surface area contributed by atoms with E-state index in [1.54, 1.807) is 32.0 Å². The van der Waals surface area contributed by atoms with Crippen molar-refractivity contribution in [2.75, 3.05) is 18.4 Å². The Bertz CT molecular complexity index is 587. The van der Waals surface area contributed by atoms with Crippen molar-refractivity contribution in [2.45, 2.75) is 26.8 Å². The maximum absolute atomic E-state index is 12.2. The van der Waals surface area contributed by atoms with Gasteiger partial charge in [-0.25, -0.2) is 0 Å². The zero-order chi connectivity index (χ0) is 17.6. The largest absolute Gasteiger partial charge is 0.345 e. The van der Waals surface area contributed by atoms with Gasteiger partial charge < -0.3 is 15.5 Å². The third-order valence-corrected chi connectivity index (χ3v) is 3.68. The molecule has 0 aliphatic heterocycles. The van der Waals surface area contributed by atoms with Gasteiger partial charge in [0.1, 0.15) is 6.04 Å². The van der Waals surface area contributed by atoms with Crippen molar-refractivity contribution in [3.63, 3.8) is 0 Å². The predicted octanol–water partition coefficient (Wildman–Crippen LogP) is 2.30. The molecule has 8 heteroatoms. The van der Waals surface area contributed by atoms with E-state index in [1.807, 2.05) is 0 Å². The summed E-state index contributed by atoms with van der Waals surface area (Å²) in [5, 5.41) is 5.71. The van der Waals surface area contributed by atoms with Crippen molar-refractivity contribution in [1.29, 1.82) is 0 Å². The van der Waals surface area contributed by atoms with Gasteiger partial charge in [-0.05, 0) is 26.0 Å². The quantitative estimate of drug-likeness (QED) is 0.817. The second kappa shape index (κ2) is 8.74. The van der Waals surface area contributed by atoms with Crippen molar-refractivity contribution in [3.8, 4) is 0 Å². The van der Waals surface area contributed by atoms with E-state index in [0.717, 1.165) is 0 Å². The summed E-state index contributed by atoms with van der Waals surface area (Å²) in [6.07, 6.45) is 0. The van der Waals surface area contributed by atoms with Crippen LogP contribution in [-0.2, 0) is 14.4 Å². The summed E-state index contributed by atoms with van der Waals surface area (Å²) in [5.41, 5.74) is 0.305. The molecule has 0 saturated carbocycles. The Labute approximate surface area is 145 Å². The summed E-state index contributed by atoms with van der Waals surface area (Å²) in [5.74, 6) is -1.08. The highest BCUT2D eigenvalue weighted by Crippen LogP contribution is 2.29. The van der Waals surface area contributed by atoms with E-state index in [4.69, 9.17) is 23.2 Å². The number of hydrogen-bond acceptors (Lipinski definition) is 3. The maximum atomic E-state index is 12.2. The average molecular weight is 360 g/mol. The Morgan fingerprint density at radius 1 is 1.22 bits per heavy atom. The normalized spacial score (nSPS) is 11.5. The highest BCUT2D eigenvalue weighted by atomic mass is 35.5. The number of para-hydroxylation sites is 1. The zero-order valence-corrected chi connectivity index (χ0v) is 14.7. The van der Waals surface area contributed by atoms with Gasteiger partial charge in [-0.2, -0.15) is 0 Å². The van der Waals surface area contributed by atoms with Crippen LogP contribution in [0.4, 0.5) is 5.69 Å². The van der Waals surface area contributed by atoms with Crippen molar-refractivity contribution < 1.29 is 14.4 Å². The van der Waals surface area contributed by atoms with E-state index >= 15 is 0 Å². The van der Waals surface area contributed by atoms with Crippen LogP contribution in [0.2, 0.25) is 10.0 Å². The van der Waals surface area contributed by atoms with Crippen LogP contribution in [0.5, 0.6) is 0 Å². The second-order valence-electron chi connectivity index (χ2n) is 4.92. The lowest BCUT2D eigenvalue weighted by Gasteiger charge is -2.24. The van der Waals surface area contributed by atoms with Crippen LogP contribution in [0.25, 0.3) is 0 Å². The molecule has 0 saturated heterocycles. The Kier molecular flexibility index (Phi) is 7.32. The number of hydrogen-bond donors (Lipinski definition) is 2. The standard InChI is InChI=1S/C15H19Cl2N3O3/c1-4-20(15(23)9(2)18-10(3)21)8-13(22)19-14-11(16)6-5-7-12(14)17/h5-7,9H,4,8H2,1-3H3,(H,18,21)(H,19,22). The summed E-state index contributed by atoms with van der Waals surface area (Å²) in [6.45, 7) is 4.79. The summed E-state index contributed by atoms with van der Waals surface area (Å²) in [4.78, 5) is 36.7. The molecule has 6 nitrogen and oxygen atoms in total. The van der Waals surface area contributed by atoms with Crippen LogP contribution in [0.3, 0.4) is 0 Å². The van der Waals surface area contributed by atoms with E-state index in [9.17, 15) is 14.4 Å². The molecule has 0 fully saturated rings. The van der Waals surface area contributed by atoms with Gasteiger partial charge in [0.15, 0.2) is 0 Å². The molecule has 0 heterocycles. The molecule has 1 unspecified atom stereocenters. The van der Waals surface area contributed by atoms with Gasteiger partial charge in [-0.3, -0.25) is 14.4 Å². The van der Waals surface area contributed by atoms with Gasteiger partial charge in [0.2, 0.25) is 17.7 Å². The van der Waals surface area contributed by atoms with Crippen LogP contribution < -0.4 is 10.6 Å². The number of halogens is 2.